The molecule has 6 nitrogen and oxygen atoms in total. The Hall–Kier alpha value is -2.80. The summed E-state index contributed by atoms with van der Waals surface area (Å²) in [6.45, 7) is 8.43. The van der Waals surface area contributed by atoms with Crippen LogP contribution in [-0.4, -0.2) is 35.2 Å². The van der Waals surface area contributed by atoms with Gasteiger partial charge in [0.1, 0.15) is 16.4 Å². The number of ether oxygens (including phenoxy) is 2. The zero-order valence-corrected chi connectivity index (χ0v) is 23.7. The molecule has 0 N–H and O–H groups in total. The van der Waals surface area contributed by atoms with Crippen LogP contribution in [0.3, 0.4) is 0 Å². The molecule has 3 rings (SSSR count). The molecule has 0 radical (unpaired) electrons. The van der Waals surface area contributed by atoms with Crippen LogP contribution in [0.1, 0.15) is 60.9 Å². The molecular weight excluding hydrogens is 511 g/mol. The molecule has 0 bridgehead atoms. The smallest absolute Gasteiger partial charge is 0.338 e. The topological polar surface area (TPSA) is 60.8 Å². The van der Waals surface area contributed by atoms with Crippen molar-refractivity contribution in [3.8, 4) is 5.75 Å². The molecule has 1 aromatic heterocycles. The molecule has 3 aromatic rings. The largest absolute Gasteiger partial charge is 0.497 e. The first kappa shape index (κ1) is 28.8. The number of carbonyl (C=O) groups excluding carboxylic acids is 1. The average Bonchev–Trinajstić information content (AvgIpc) is 2.85. The van der Waals surface area contributed by atoms with Gasteiger partial charge in [0.15, 0.2) is 0 Å². The maximum Gasteiger partial charge on any atom is 0.338 e. The zero-order valence-electron chi connectivity index (χ0n) is 22.2. The summed E-state index contributed by atoms with van der Waals surface area (Å²) in [4.78, 5) is 27.4. The van der Waals surface area contributed by atoms with Gasteiger partial charge in [-0.25, -0.2) is 4.79 Å². The number of esters is 1. The maximum absolute atomic E-state index is 13.0. The molecule has 0 aliphatic carbocycles. The van der Waals surface area contributed by atoms with Crippen molar-refractivity contribution in [3.63, 3.8) is 0 Å². The number of hydrogen-bond acceptors (Lipinski definition) is 5. The van der Waals surface area contributed by atoms with Gasteiger partial charge in [-0.1, -0.05) is 47.5 Å². The van der Waals surface area contributed by atoms with Gasteiger partial charge in [0.05, 0.1) is 23.4 Å². The van der Waals surface area contributed by atoms with E-state index in [0.29, 0.717) is 35.8 Å². The third-order valence-electron chi connectivity index (χ3n) is 6.15. The van der Waals surface area contributed by atoms with Gasteiger partial charge in [-0.15, -0.1) is 0 Å². The van der Waals surface area contributed by atoms with Crippen molar-refractivity contribution in [2.24, 2.45) is 0 Å². The molecule has 0 saturated heterocycles. The zero-order chi connectivity index (χ0) is 27.3. The van der Waals surface area contributed by atoms with E-state index >= 15 is 0 Å². The molecule has 2 aromatic carbocycles. The van der Waals surface area contributed by atoms with E-state index in [1.807, 2.05) is 64.2 Å². The van der Waals surface area contributed by atoms with Crippen LogP contribution in [0.25, 0.3) is 0 Å². The Morgan fingerprint density at radius 1 is 1.05 bits per heavy atom. The third kappa shape index (κ3) is 7.60. The van der Waals surface area contributed by atoms with E-state index in [1.54, 1.807) is 23.8 Å². The second kappa shape index (κ2) is 12.2. The number of nitrogens with zero attached hydrogens (tertiary/aromatic N) is 2. The van der Waals surface area contributed by atoms with Gasteiger partial charge in [-0.3, -0.25) is 9.69 Å². The monoisotopic (exact) mass is 544 g/mol. The molecule has 0 amide bonds. The number of carbonyl (C=O) groups is 1. The van der Waals surface area contributed by atoms with E-state index in [-0.39, 0.29) is 22.6 Å². The van der Waals surface area contributed by atoms with E-state index in [0.717, 1.165) is 16.9 Å². The highest BCUT2D eigenvalue weighted by atomic mass is 35.5. The predicted molar refractivity (Wildman–Crippen MR) is 149 cm³/mol. The van der Waals surface area contributed by atoms with Crippen LogP contribution in [0.4, 0.5) is 0 Å². The summed E-state index contributed by atoms with van der Waals surface area (Å²) in [6.07, 6.45) is 0.563. The van der Waals surface area contributed by atoms with Crippen LogP contribution < -0.4 is 10.3 Å². The summed E-state index contributed by atoms with van der Waals surface area (Å²) in [5, 5.41) is 0.520. The molecule has 1 atom stereocenters. The van der Waals surface area contributed by atoms with Gasteiger partial charge >= 0.3 is 5.97 Å². The minimum Gasteiger partial charge on any atom is -0.497 e. The molecule has 0 saturated carbocycles. The Bertz CT molecular complexity index is 1300. The molecule has 1 unspecified atom stereocenters. The second-order valence-corrected chi connectivity index (χ2v) is 10.9. The van der Waals surface area contributed by atoms with Crippen LogP contribution in [-0.2, 0) is 24.2 Å². The summed E-state index contributed by atoms with van der Waals surface area (Å²) in [6, 6.07) is 16.7. The van der Waals surface area contributed by atoms with Crippen molar-refractivity contribution in [1.82, 2.24) is 9.47 Å². The summed E-state index contributed by atoms with van der Waals surface area (Å²) in [7, 11) is 3.63. The minimum absolute atomic E-state index is 0.0470. The quantitative estimate of drug-likeness (QED) is 0.285. The lowest BCUT2D eigenvalue weighted by Gasteiger charge is -2.27. The maximum atomic E-state index is 13.0. The number of rotatable bonds is 9. The second-order valence-electron chi connectivity index (χ2n) is 10.1. The summed E-state index contributed by atoms with van der Waals surface area (Å²) in [5.41, 5.74) is 2.39. The van der Waals surface area contributed by atoms with Gasteiger partial charge in [0, 0.05) is 19.1 Å². The first-order valence-electron chi connectivity index (χ1n) is 12.1. The van der Waals surface area contributed by atoms with Gasteiger partial charge in [-0.05, 0) is 82.6 Å². The van der Waals surface area contributed by atoms with Crippen molar-refractivity contribution in [1.29, 1.82) is 0 Å². The van der Waals surface area contributed by atoms with E-state index in [4.69, 9.17) is 32.7 Å². The Balaban J connectivity index is 1.79. The Labute approximate surface area is 228 Å². The lowest BCUT2D eigenvalue weighted by molar-refractivity contribution is 0.00695. The summed E-state index contributed by atoms with van der Waals surface area (Å²) >= 11 is 12.8. The number of benzene rings is 2. The molecular formula is C29H34Cl2N2O4. The van der Waals surface area contributed by atoms with Gasteiger partial charge in [0.2, 0.25) is 0 Å². The van der Waals surface area contributed by atoms with Crippen LogP contribution in [0.5, 0.6) is 5.75 Å². The lowest BCUT2D eigenvalue weighted by Crippen LogP contribution is -2.30. The van der Waals surface area contributed by atoms with Gasteiger partial charge < -0.3 is 14.0 Å². The SMILES string of the molecule is COc1cccc(C(C)N(C)Cc2c(Cl)cc(Cl)c(=O)n2CCc2ccc(C(=O)OC(C)(C)C)cc2)c1. The van der Waals surface area contributed by atoms with Crippen LogP contribution in [0.2, 0.25) is 10.0 Å². The fraction of sp³-hybridized carbons (Fsp3) is 0.379. The molecule has 1 heterocycles. The number of pyridine rings is 1. The van der Waals surface area contributed by atoms with Crippen LogP contribution in [0, 0.1) is 0 Å². The van der Waals surface area contributed by atoms with Crippen LogP contribution in [0.15, 0.2) is 59.4 Å². The van der Waals surface area contributed by atoms with E-state index in [2.05, 4.69) is 11.8 Å². The van der Waals surface area contributed by atoms with Crippen LogP contribution >= 0.6 is 23.2 Å². The highest BCUT2D eigenvalue weighted by Gasteiger charge is 2.20. The number of halogens is 2. The van der Waals surface area contributed by atoms with E-state index < -0.39 is 5.60 Å². The average molecular weight is 546 g/mol. The fourth-order valence-electron chi connectivity index (χ4n) is 3.95. The Morgan fingerprint density at radius 2 is 1.73 bits per heavy atom. The number of methoxy groups -OCH3 is 1. The normalized spacial score (nSPS) is 12.5. The first-order valence-corrected chi connectivity index (χ1v) is 12.9. The molecule has 0 aliphatic heterocycles. The summed E-state index contributed by atoms with van der Waals surface area (Å²) in [5.74, 6) is 0.421. The van der Waals surface area contributed by atoms with Crippen molar-refractivity contribution in [2.75, 3.05) is 14.2 Å². The Kier molecular flexibility index (Phi) is 9.46. The molecule has 198 valence electrons. The number of aromatic nitrogens is 1. The first-order chi connectivity index (χ1) is 17.4. The molecule has 8 heteroatoms. The molecule has 37 heavy (non-hydrogen) atoms. The molecule has 0 fully saturated rings. The summed E-state index contributed by atoms with van der Waals surface area (Å²) < 4.78 is 12.4. The number of hydrogen-bond donors (Lipinski definition) is 0. The van der Waals surface area contributed by atoms with Crippen molar-refractivity contribution < 1.29 is 14.3 Å². The minimum atomic E-state index is -0.559. The fourth-order valence-corrected chi connectivity index (χ4v) is 4.49. The van der Waals surface area contributed by atoms with Gasteiger partial charge in [-0.2, -0.15) is 0 Å². The molecule has 0 aliphatic rings. The van der Waals surface area contributed by atoms with Gasteiger partial charge in [0.25, 0.3) is 5.56 Å². The lowest BCUT2D eigenvalue weighted by atomic mass is 10.1. The van der Waals surface area contributed by atoms with Crippen molar-refractivity contribution >= 4 is 29.2 Å². The van der Waals surface area contributed by atoms with E-state index in [9.17, 15) is 9.59 Å². The molecule has 0 spiro atoms. The van der Waals surface area contributed by atoms with E-state index in [1.165, 1.54) is 6.07 Å². The highest BCUT2D eigenvalue weighted by Crippen LogP contribution is 2.27. The third-order valence-corrected chi connectivity index (χ3v) is 6.75. The number of aryl methyl sites for hydroxylation is 1. The van der Waals surface area contributed by atoms with Crippen molar-refractivity contribution in [3.05, 3.63) is 97.4 Å². The standard InChI is InChI=1S/C29H34Cl2N2O4/c1-19(22-8-7-9-23(16-22)36-6)32(5)18-26-24(30)17-25(31)27(34)33(26)15-14-20-10-12-21(13-11-20)28(35)37-29(2,3)4/h7-13,16-17,19H,14-15,18H2,1-6H3. The van der Waals surface area contributed by atoms with Crippen molar-refractivity contribution in [2.45, 2.75) is 58.8 Å². The predicted octanol–water partition coefficient (Wildman–Crippen LogP) is 6.55. The Morgan fingerprint density at radius 3 is 2.35 bits per heavy atom. The highest BCUT2D eigenvalue weighted by molar-refractivity contribution is 6.34.